The Morgan fingerprint density at radius 1 is 1.11 bits per heavy atom. The molecule has 5 nitrogen and oxygen atoms in total. The first kappa shape index (κ1) is 24.0. The van der Waals surface area contributed by atoms with Gasteiger partial charge < -0.3 is 15.8 Å². The topological polar surface area (TPSA) is 64.6 Å². The number of phenols is 1. The molecular weight excluding hydrogens is 477 g/mol. The molecule has 6 rings (SSSR count). The highest BCUT2D eigenvalue weighted by atomic mass is 19.1. The van der Waals surface area contributed by atoms with Crippen molar-refractivity contribution in [2.24, 2.45) is 11.8 Å². The molecule has 3 aromatic carbocycles. The summed E-state index contributed by atoms with van der Waals surface area (Å²) in [7, 11) is 0. The molecule has 0 radical (unpaired) electrons. The summed E-state index contributed by atoms with van der Waals surface area (Å²) in [6.07, 6.45) is 7.13. The standard InChI is InChI=1S/C32H30FN3O2/c1-20-28-19-34-36(26-14-12-25(33)13-15-26)30(28)18-23-11-10-22(31(20)23)17-29(21-6-3-2-4-7-21)35-32(38)24-8-5-9-27(37)16-24/h2-9,12-16,18-20,22,29,34,37H,10-11,17H2,1H3,(H,35,38)/t20-,22+,29?/m0/s1. The summed E-state index contributed by atoms with van der Waals surface area (Å²) in [6.45, 7) is 2.26. The van der Waals surface area contributed by atoms with Crippen LogP contribution in [0, 0.1) is 17.7 Å². The van der Waals surface area contributed by atoms with Crippen LogP contribution in [-0.4, -0.2) is 11.0 Å². The number of rotatable bonds is 6. The smallest absolute Gasteiger partial charge is 0.251 e. The fraction of sp³-hybridized carbons (Fsp3) is 0.219. The summed E-state index contributed by atoms with van der Waals surface area (Å²) in [6, 6.07) is 22.9. The van der Waals surface area contributed by atoms with Crippen LogP contribution < -0.4 is 15.8 Å². The van der Waals surface area contributed by atoms with Crippen molar-refractivity contribution in [3.05, 3.63) is 130 Å². The largest absolute Gasteiger partial charge is 0.508 e. The molecule has 2 aliphatic carbocycles. The third kappa shape index (κ3) is 4.47. The number of nitrogens with zero attached hydrogens (tertiary/aromatic N) is 1. The normalized spacial score (nSPS) is 20.7. The Morgan fingerprint density at radius 3 is 2.66 bits per heavy atom. The van der Waals surface area contributed by atoms with Crippen LogP contribution in [0.4, 0.5) is 10.1 Å². The number of fused-ring (bicyclic) bond motifs is 1. The number of hydrogen-bond acceptors (Lipinski definition) is 4. The predicted molar refractivity (Wildman–Crippen MR) is 146 cm³/mol. The van der Waals surface area contributed by atoms with Gasteiger partial charge in [0.05, 0.1) is 17.4 Å². The number of carbonyl (C=O) groups excluding carboxylic acids is 1. The van der Waals surface area contributed by atoms with Gasteiger partial charge >= 0.3 is 0 Å². The minimum absolute atomic E-state index is 0.0752. The van der Waals surface area contributed by atoms with Crippen molar-refractivity contribution >= 4 is 11.6 Å². The minimum Gasteiger partial charge on any atom is -0.508 e. The molecule has 1 amide bonds. The number of hydrazine groups is 1. The zero-order chi connectivity index (χ0) is 26.2. The van der Waals surface area contributed by atoms with E-state index in [0.29, 0.717) is 11.5 Å². The van der Waals surface area contributed by atoms with Crippen molar-refractivity contribution in [1.29, 1.82) is 0 Å². The summed E-state index contributed by atoms with van der Waals surface area (Å²) < 4.78 is 13.5. The number of nitrogens with one attached hydrogen (secondary N) is 2. The minimum atomic E-state index is -0.250. The first-order valence-electron chi connectivity index (χ1n) is 13.1. The molecule has 1 heterocycles. The highest BCUT2D eigenvalue weighted by molar-refractivity contribution is 5.94. The fourth-order valence-electron chi connectivity index (χ4n) is 6.10. The molecule has 0 fully saturated rings. The van der Waals surface area contributed by atoms with Gasteiger partial charge in [-0.15, -0.1) is 0 Å². The lowest BCUT2D eigenvalue weighted by Gasteiger charge is -2.31. The van der Waals surface area contributed by atoms with Gasteiger partial charge in [-0.25, -0.2) is 4.39 Å². The number of amides is 1. The van der Waals surface area contributed by atoms with Gasteiger partial charge in [0.2, 0.25) is 0 Å². The Hall–Kier alpha value is -4.32. The van der Waals surface area contributed by atoms with Gasteiger partial charge in [-0.05, 0) is 84.9 Å². The van der Waals surface area contributed by atoms with Crippen molar-refractivity contribution in [3.8, 4) is 5.75 Å². The summed E-state index contributed by atoms with van der Waals surface area (Å²) >= 11 is 0. The Bertz CT molecular complexity index is 1460. The second-order valence-electron chi connectivity index (χ2n) is 10.2. The molecule has 6 heteroatoms. The lowest BCUT2D eigenvalue weighted by atomic mass is 9.78. The molecule has 192 valence electrons. The Morgan fingerprint density at radius 2 is 1.89 bits per heavy atom. The van der Waals surface area contributed by atoms with E-state index in [9.17, 15) is 14.3 Å². The number of aromatic hydroxyl groups is 1. The van der Waals surface area contributed by atoms with Crippen LogP contribution in [0.5, 0.6) is 5.75 Å². The maximum atomic E-state index is 13.5. The molecule has 3 aromatic rings. The Kier molecular flexibility index (Phi) is 6.24. The van der Waals surface area contributed by atoms with Gasteiger partial charge in [0.15, 0.2) is 0 Å². The monoisotopic (exact) mass is 507 g/mol. The van der Waals surface area contributed by atoms with Gasteiger partial charge in [0.25, 0.3) is 5.91 Å². The van der Waals surface area contributed by atoms with Crippen LogP contribution in [-0.2, 0) is 0 Å². The Labute approximate surface area is 222 Å². The van der Waals surface area contributed by atoms with Gasteiger partial charge in [-0.3, -0.25) is 9.80 Å². The third-order valence-corrected chi connectivity index (χ3v) is 7.92. The maximum Gasteiger partial charge on any atom is 0.251 e. The fourth-order valence-corrected chi connectivity index (χ4v) is 6.10. The second kappa shape index (κ2) is 9.86. The molecule has 38 heavy (non-hydrogen) atoms. The van der Waals surface area contributed by atoms with Crippen LogP contribution in [0.1, 0.15) is 48.1 Å². The average molecular weight is 508 g/mol. The molecule has 0 aromatic heterocycles. The van der Waals surface area contributed by atoms with E-state index in [2.05, 4.69) is 42.1 Å². The second-order valence-corrected chi connectivity index (χ2v) is 10.2. The molecule has 0 saturated heterocycles. The molecule has 0 spiro atoms. The first-order valence-corrected chi connectivity index (χ1v) is 13.1. The molecule has 3 atom stereocenters. The summed E-state index contributed by atoms with van der Waals surface area (Å²) in [5.74, 6) is 0.187. The van der Waals surface area contributed by atoms with E-state index in [-0.39, 0.29) is 29.4 Å². The molecule has 0 saturated carbocycles. The quantitative estimate of drug-likeness (QED) is 0.354. The van der Waals surface area contributed by atoms with E-state index in [1.54, 1.807) is 30.3 Å². The van der Waals surface area contributed by atoms with E-state index < -0.39 is 0 Å². The summed E-state index contributed by atoms with van der Waals surface area (Å²) in [5.41, 5.74) is 10.9. The van der Waals surface area contributed by atoms with Crippen molar-refractivity contribution in [1.82, 2.24) is 10.7 Å². The number of phenolic OH excluding ortho intramolecular Hbond substituents is 1. The van der Waals surface area contributed by atoms with E-state index in [4.69, 9.17) is 0 Å². The Balaban J connectivity index is 1.27. The zero-order valence-electron chi connectivity index (χ0n) is 21.2. The zero-order valence-corrected chi connectivity index (χ0v) is 21.2. The number of hydrogen-bond donors (Lipinski definition) is 3. The maximum absolute atomic E-state index is 13.5. The highest BCUT2D eigenvalue weighted by Gasteiger charge is 2.39. The van der Waals surface area contributed by atoms with Crippen LogP contribution in [0.3, 0.4) is 0 Å². The van der Waals surface area contributed by atoms with Crippen molar-refractivity contribution in [3.63, 3.8) is 0 Å². The molecule has 0 bridgehead atoms. The van der Waals surface area contributed by atoms with Crippen LogP contribution in [0.25, 0.3) is 0 Å². The lowest BCUT2D eigenvalue weighted by molar-refractivity contribution is 0.0931. The number of allylic oxidation sites excluding steroid dienone is 4. The van der Waals surface area contributed by atoms with Gasteiger partial charge in [-0.2, -0.15) is 0 Å². The number of benzene rings is 3. The number of anilines is 1. The van der Waals surface area contributed by atoms with Crippen LogP contribution in [0.15, 0.2) is 114 Å². The van der Waals surface area contributed by atoms with E-state index in [1.165, 1.54) is 34.9 Å². The van der Waals surface area contributed by atoms with Crippen LogP contribution >= 0.6 is 0 Å². The number of carbonyl (C=O) groups is 1. The molecule has 3 N–H and O–H groups in total. The SMILES string of the molecule is C[C@H]1C2=CNN(c3ccc(F)cc3)C2=CC2=C1[C@@H](CC(NC(=O)c1cccc(O)c1)c1ccccc1)CC2. The molecular formula is C32H30FN3O2. The van der Waals surface area contributed by atoms with Gasteiger partial charge in [0, 0.05) is 23.3 Å². The van der Waals surface area contributed by atoms with E-state index >= 15 is 0 Å². The highest BCUT2D eigenvalue weighted by Crippen LogP contribution is 2.49. The summed E-state index contributed by atoms with van der Waals surface area (Å²) in [5, 5.41) is 15.1. The van der Waals surface area contributed by atoms with Crippen molar-refractivity contribution in [2.45, 2.75) is 32.2 Å². The van der Waals surface area contributed by atoms with Crippen molar-refractivity contribution in [2.75, 3.05) is 5.01 Å². The van der Waals surface area contributed by atoms with Gasteiger partial charge in [-0.1, -0.05) is 48.9 Å². The van der Waals surface area contributed by atoms with Gasteiger partial charge in [0.1, 0.15) is 11.6 Å². The number of halogens is 1. The predicted octanol–water partition coefficient (Wildman–Crippen LogP) is 6.54. The summed E-state index contributed by atoms with van der Waals surface area (Å²) in [4.78, 5) is 13.2. The molecule has 3 aliphatic rings. The van der Waals surface area contributed by atoms with Crippen LogP contribution in [0.2, 0.25) is 0 Å². The average Bonchev–Trinajstić information content (AvgIpc) is 3.54. The molecule has 1 aliphatic heterocycles. The third-order valence-electron chi connectivity index (χ3n) is 7.92. The van der Waals surface area contributed by atoms with Crippen molar-refractivity contribution < 1.29 is 14.3 Å². The lowest BCUT2D eigenvalue weighted by Crippen LogP contribution is -2.31. The first-order chi connectivity index (χ1) is 18.5. The van der Waals surface area contributed by atoms with E-state index in [1.807, 2.05) is 23.2 Å². The van der Waals surface area contributed by atoms with E-state index in [0.717, 1.165) is 36.2 Å². The molecule has 1 unspecified atom stereocenters.